The highest BCUT2D eigenvalue weighted by atomic mass is 16.5. The van der Waals surface area contributed by atoms with Crippen molar-refractivity contribution in [3.63, 3.8) is 0 Å². The van der Waals surface area contributed by atoms with E-state index in [1.807, 2.05) is 13.8 Å². The van der Waals surface area contributed by atoms with E-state index in [0.29, 0.717) is 6.61 Å². The molecule has 1 aliphatic rings. The summed E-state index contributed by atoms with van der Waals surface area (Å²) in [6.45, 7) is 12.5. The van der Waals surface area contributed by atoms with E-state index in [1.165, 1.54) is 19.3 Å². The number of nitrogens with one attached hydrogen (secondary N) is 1. The molecule has 4 heteroatoms. The Kier molecular flexibility index (Phi) is 7.52. The number of likely N-dealkylation sites (tertiary alicyclic amines) is 1. The zero-order valence-electron chi connectivity index (χ0n) is 13.7. The first kappa shape index (κ1) is 17.4. The molecule has 0 aromatic rings. The predicted octanol–water partition coefficient (Wildman–Crippen LogP) is 2.43. The van der Waals surface area contributed by atoms with Gasteiger partial charge in [-0.15, -0.1) is 0 Å². The molecule has 0 amide bonds. The van der Waals surface area contributed by atoms with Gasteiger partial charge in [0.1, 0.15) is 5.54 Å². The summed E-state index contributed by atoms with van der Waals surface area (Å²) >= 11 is 0. The molecule has 1 rings (SSSR count). The Morgan fingerprint density at radius 1 is 1.30 bits per heavy atom. The van der Waals surface area contributed by atoms with Crippen LogP contribution in [-0.4, -0.2) is 49.2 Å². The average molecular weight is 284 g/mol. The minimum atomic E-state index is -0.578. The molecular weight excluding hydrogens is 252 g/mol. The summed E-state index contributed by atoms with van der Waals surface area (Å²) in [6.07, 6.45) is 4.80. The van der Waals surface area contributed by atoms with Gasteiger partial charge >= 0.3 is 5.97 Å². The number of esters is 1. The van der Waals surface area contributed by atoms with Crippen molar-refractivity contribution in [2.75, 3.05) is 32.8 Å². The molecular formula is C16H32N2O2. The summed E-state index contributed by atoms with van der Waals surface area (Å²) in [5, 5.41) is 3.39. The third kappa shape index (κ3) is 5.06. The van der Waals surface area contributed by atoms with E-state index >= 15 is 0 Å². The van der Waals surface area contributed by atoms with Crippen molar-refractivity contribution >= 4 is 5.97 Å². The van der Waals surface area contributed by atoms with Crippen LogP contribution in [0.2, 0.25) is 0 Å². The van der Waals surface area contributed by atoms with Gasteiger partial charge in [0, 0.05) is 6.54 Å². The lowest BCUT2D eigenvalue weighted by Crippen LogP contribution is -2.58. The summed E-state index contributed by atoms with van der Waals surface area (Å²) < 4.78 is 5.26. The lowest BCUT2D eigenvalue weighted by atomic mass is 9.92. The highest BCUT2D eigenvalue weighted by Gasteiger charge is 2.36. The lowest BCUT2D eigenvalue weighted by Gasteiger charge is -2.38. The zero-order valence-corrected chi connectivity index (χ0v) is 13.7. The van der Waals surface area contributed by atoms with Crippen LogP contribution in [0.15, 0.2) is 0 Å². The van der Waals surface area contributed by atoms with Crippen molar-refractivity contribution in [2.45, 2.75) is 58.9 Å². The van der Waals surface area contributed by atoms with Crippen LogP contribution in [0.25, 0.3) is 0 Å². The van der Waals surface area contributed by atoms with Gasteiger partial charge in [0.25, 0.3) is 0 Å². The number of carbonyl (C=O) groups is 1. The summed E-state index contributed by atoms with van der Waals surface area (Å²) in [5.41, 5.74) is -0.578. The topological polar surface area (TPSA) is 41.6 Å². The Balaban J connectivity index is 2.58. The first-order valence-electron chi connectivity index (χ1n) is 8.20. The Hall–Kier alpha value is -0.610. The Morgan fingerprint density at radius 2 is 1.95 bits per heavy atom. The Bertz CT molecular complexity index is 288. The van der Waals surface area contributed by atoms with Crippen molar-refractivity contribution in [1.82, 2.24) is 10.2 Å². The lowest BCUT2D eigenvalue weighted by molar-refractivity contribution is -0.151. The standard InChI is InChI=1S/C16H32N2O2/c1-5-10-17-16(4,15(19)20-7-3)13-18-11-8-14(6-2)9-12-18/h14,17H,5-13H2,1-4H3. The van der Waals surface area contributed by atoms with E-state index in [1.54, 1.807) is 0 Å². The summed E-state index contributed by atoms with van der Waals surface area (Å²) in [5.74, 6) is 0.745. The van der Waals surface area contributed by atoms with Crippen molar-refractivity contribution in [2.24, 2.45) is 5.92 Å². The van der Waals surface area contributed by atoms with Gasteiger partial charge in [0.2, 0.25) is 0 Å². The van der Waals surface area contributed by atoms with Crippen molar-refractivity contribution < 1.29 is 9.53 Å². The number of hydrogen-bond acceptors (Lipinski definition) is 4. The molecule has 0 aromatic carbocycles. The van der Waals surface area contributed by atoms with Crippen LogP contribution >= 0.6 is 0 Å². The molecule has 1 unspecified atom stereocenters. The van der Waals surface area contributed by atoms with E-state index in [-0.39, 0.29) is 5.97 Å². The Labute approximate surface area is 124 Å². The second kappa shape index (κ2) is 8.63. The fourth-order valence-corrected chi connectivity index (χ4v) is 2.88. The molecule has 0 aromatic heterocycles. The molecule has 0 saturated carbocycles. The molecule has 1 aliphatic heterocycles. The molecule has 20 heavy (non-hydrogen) atoms. The van der Waals surface area contributed by atoms with Gasteiger partial charge in [-0.3, -0.25) is 4.79 Å². The molecule has 1 saturated heterocycles. The highest BCUT2D eigenvalue weighted by molar-refractivity contribution is 5.80. The molecule has 0 spiro atoms. The van der Waals surface area contributed by atoms with Gasteiger partial charge < -0.3 is 15.0 Å². The van der Waals surface area contributed by atoms with Crippen molar-refractivity contribution in [1.29, 1.82) is 0 Å². The van der Waals surface area contributed by atoms with Crippen LogP contribution < -0.4 is 5.32 Å². The fourth-order valence-electron chi connectivity index (χ4n) is 2.88. The van der Waals surface area contributed by atoms with Crippen molar-refractivity contribution in [3.8, 4) is 0 Å². The molecule has 0 aliphatic carbocycles. The van der Waals surface area contributed by atoms with Crippen LogP contribution in [-0.2, 0) is 9.53 Å². The third-order valence-electron chi connectivity index (χ3n) is 4.32. The molecule has 0 bridgehead atoms. The van der Waals surface area contributed by atoms with Crippen LogP contribution in [0, 0.1) is 5.92 Å². The van der Waals surface area contributed by atoms with E-state index in [0.717, 1.165) is 38.5 Å². The molecule has 1 N–H and O–H groups in total. The Morgan fingerprint density at radius 3 is 2.45 bits per heavy atom. The maximum absolute atomic E-state index is 12.3. The molecule has 0 radical (unpaired) electrons. The van der Waals surface area contributed by atoms with E-state index in [2.05, 4.69) is 24.1 Å². The predicted molar refractivity (Wildman–Crippen MR) is 82.8 cm³/mol. The monoisotopic (exact) mass is 284 g/mol. The first-order valence-corrected chi connectivity index (χ1v) is 8.20. The molecule has 118 valence electrons. The number of piperidine rings is 1. The van der Waals surface area contributed by atoms with E-state index in [4.69, 9.17) is 4.74 Å². The first-order chi connectivity index (χ1) is 9.55. The van der Waals surface area contributed by atoms with Gasteiger partial charge in [-0.05, 0) is 58.7 Å². The second-order valence-electron chi connectivity index (χ2n) is 6.11. The summed E-state index contributed by atoms with van der Waals surface area (Å²) in [6, 6.07) is 0. The number of carbonyl (C=O) groups excluding carboxylic acids is 1. The van der Waals surface area contributed by atoms with Gasteiger partial charge in [0.05, 0.1) is 6.61 Å². The quantitative estimate of drug-likeness (QED) is 0.695. The summed E-state index contributed by atoms with van der Waals surface area (Å²) in [7, 11) is 0. The fraction of sp³-hybridized carbons (Fsp3) is 0.938. The number of hydrogen-bond donors (Lipinski definition) is 1. The number of rotatable bonds is 8. The van der Waals surface area contributed by atoms with Crippen LogP contribution in [0.4, 0.5) is 0 Å². The van der Waals surface area contributed by atoms with Gasteiger partial charge in [0.15, 0.2) is 0 Å². The van der Waals surface area contributed by atoms with E-state index < -0.39 is 5.54 Å². The smallest absolute Gasteiger partial charge is 0.327 e. The third-order valence-corrected chi connectivity index (χ3v) is 4.32. The molecule has 1 fully saturated rings. The molecule has 1 heterocycles. The van der Waals surface area contributed by atoms with Crippen LogP contribution in [0.1, 0.15) is 53.4 Å². The average Bonchev–Trinajstić information content (AvgIpc) is 2.46. The summed E-state index contributed by atoms with van der Waals surface area (Å²) in [4.78, 5) is 14.7. The van der Waals surface area contributed by atoms with E-state index in [9.17, 15) is 4.79 Å². The minimum Gasteiger partial charge on any atom is -0.465 e. The number of ether oxygens (including phenoxy) is 1. The van der Waals surface area contributed by atoms with Gasteiger partial charge in [-0.2, -0.15) is 0 Å². The maximum Gasteiger partial charge on any atom is 0.327 e. The minimum absolute atomic E-state index is 0.119. The molecule has 1 atom stereocenters. The normalized spacial score (nSPS) is 20.6. The zero-order chi connectivity index (χ0) is 15.0. The van der Waals surface area contributed by atoms with Gasteiger partial charge in [-0.1, -0.05) is 20.3 Å². The number of nitrogens with zero attached hydrogens (tertiary/aromatic N) is 1. The SMILES string of the molecule is CCCNC(C)(CN1CCC(CC)CC1)C(=O)OCC. The molecule has 4 nitrogen and oxygen atoms in total. The maximum atomic E-state index is 12.3. The van der Waals surface area contributed by atoms with Crippen LogP contribution in [0.3, 0.4) is 0 Å². The van der Waals surface area contributed by atoms with Gasteiger partial charge in [-0.25, -0.2) is 0 Å². The van der Waals surface area contributed by atoms with Crippen LogP contribution in [0.5, 0.6) is 0 Å². The second-order valence-corrected chi connectivity index (χ2v) is 6.11. The van der Waals surface area contributed by atoms with Crippen molar-refractivity contribution in [3.05, 3.63) is 0 Å². The largest absolute Gasteiger partial charge is 0.465 e. The highest BCUT2D eigenvalue weighted by Crippen LogP contribution is 2.21.